The summed E-state index contributed by atoms with van der Waals surface area (Å²) in [6.07, 6.45) is 3.56. The number of aliphatic hydroxyl groups is 1. The molecular formula is C17H26N4OS. The van der Waals surface area contributed by atoms with Crippen LogP contribution in [0.4, 0.5) is 5.82 Å². The molecule has 126 valence electrons. The summed E-state index contributed by atoms with van der Waals surface area (Å²) in [5.74, 6) is 1.02. The highest BCUT2D eigenvalue weighted by Gasteiger charge is 2.20. The van der Waals surface area contributed by atoms with Crippen LogP contribution in [0.3, 0.4) is 0 Å². The SMILES string of the molecule is CCCN1CCC(Nc2cc(-c3cccs3)nn2CCO)CC1. The second kappa shape index (κ2) is 7.95. The number of aliphatic hydroxyl groups excluding tert-OH is 1. The summed E-state index contributed by atoms with van der Waals surface area (Å²) in [4.78, 5) is 3.71. The number of hydrogen-bond donors (Lipinski definition) is 2. The lowest BCUT2D eigenvalue weighted by Gasteiger charge is -2.32. The van der Waals surface area contributed by atoms with Crippen LogP contribution in [-0.2, 0) is 6.54 Å². The molecule has 2 aromatic rings. The third-order valence-electron chi connectivity index (χ3n) is 4.34. The van der Waals surface area contributed by atoms with Crippen molar-refractivity contribution in [1.82, 2.24) is 14.7 Å². The van der Waals surface area contributed by atoms with Crippen molar-refractivity contribution in [2.24, 2.45) is 0 Å². The summed E-state index contributed by atoms with van der Waals surface area (Å²) in [6, 6.07) is 6.73. The van der Waals surface area contributed by atoms with Crippen molar-refractivity contribution in [3.8, 4) is 10.6 Å². The number of anilines is 1. The third kappa shape index (κ3) is 4.13. The highest BCUT2D eigenvalue weighted by Crippen LogP contribution is 2.27. The molecular weight excluding hydrogens is 308 g/mol. The molecule has 1 saturated heterocycles. The van der Waals surface area contributed by atoms with Crippen molar-refractivity contribution in [3.63, 3.8) is 0 Å². The topological polar surface area (TPSA) is 53.3 Å². The van der Waals surface area contributed by atoms with Gasteiger partial charge in [-0.15, -0.1) is 11.3 Å². The Bertz CT molecular complexity index is 588. The molecule has 0 bridgehead atoms. The molecule has 0 amide bonds. The van der Waals surface area contributed by atoms with Crippen LogP contribution in [0.2, 0.25) is 0 Å². The molecule has 0 atom stereocenters. The van der Waals surface area contributed by atoms with E-state index in [-0.39, 0.29) is 6.61 Å². The van der Waals surface area contributed by atoms with Gasteiger partial charge < -0.3 is 15.3 Å². The van der Waals surface area contributed by atoms with E-state index in [1.165, 1.54) is 30.7 Å². The average molecular weight is 334 g/mol. The van der Waals surface area contributed by atoms with Gasteiger partial charge in [0.05, 0.1) is 18.0 Å². The molecule has 0 saturated carbocycles. The minimum Gasteiger partial charge on any atom is -0.394 e. The van der Waals surface area contributed by atoms with E-state index in [0.29, 0.717) is 12.6 Å². The fraction of sp³-hybridized carbons (Fsp3) is 0.588. The normalized spacial score (nSPS) is 16.8. The van der Waals surface area contributed by atoms with Crippen LogP contribution in [0.5, 0.6) is 0 Å². The first-order chi connectivity index (χ1) is 11.3. The zero-order valence-corrected chi connectivity index (χ0v) is 14.6. The minimum absolute atomic E-state index is 0.106. The van der Waals surface area contributed by atoms with Gasteiger partial charge in [-0.1, -0.05) is 13.0 Å². The number of piperidine rings is 1. The predicted octanol–water partition coefficient (Wildman–Crippen LogP) is 2.89. The van der Waals surface area contributed by atoms with E-state index < -0.39 is 0 Å². The lowest BCUT2D eigenvalue weighted by molar-refractivity contribution is 0.219. The molecule has 23 heavy (non-hydrogen) atoms. The molecule has 2 N–H and O–H groups in total. The first-order valence-electron chi connectivity index (χ1n) is 8.51. The Kier molecular flexibility index (Phi) is 5.70. The van der Waals surface area contributed by atoms with Crippen LogP contribution in [0.15, 0.2) is 23.6 Å². The quantitative estimate of drug-likeness (QED) is 0.817. The van der Waals surface area contributed by atoms with Crippen molar-refractivity contribution < 1.29 is 5.11 Å². The van der Waals surface area contributed by atoms with Crippen LogP contribution in [-0.4, -0.2) is 52.1 Å². The predicted molar refractivity (Wildman–Crippen MR) is 96.0 cm³/mol. The third-order valence-corrected chi connectivity index (χ3v) is 5.24. The van der Waals surface area contributed by atoms with Crippen molar-refractivity contribution in [2.75, 3.05) is 31.6 Å². The highest BCUT2D eigenvalue weighted by atomic mass is 32.1. The first kappa shape index (κ1) is 16.5. The van der Waals surface area contributed by atoms with Crippen molar-refractivity contribution in [2.45, 2.75) is 38.8 Å². The summed E-state index contributed by atoms with van der Waals surface area (Å²) in [5.41, 5.74) is 0.986. The Morgan fingerprint density at radius 2 is 2.17 bits per heavy atom. The van der Waals surface area contributed by atoms with Crippen molar-refractivity contribution in [1.29, 1.82) is 0 Å². The molecule has 3 rings (SSSR count). The molecule has 0 radical (unpaired) electrons. The molecule has 5 nitrogen and oxygen atoms in total. The minimum atomic E-state index is 0.106. The number of aromatic nitrogens is 2. The number of nitrogens with one attached hydrogen (secondary N) is 1. The van der Waals surface area contributed by atoms with Gasteiger partial charge in [0, 0.05) is 25.2 Å². The van der Waals surface area contributed by atoms with Gasteiger partial charge in [0.1, 0.15) is 11.5 Å². The lowest BCUT2D eigenvalue weighted by Crippen LogP contribution is -2.39. The number of hydrogen-bond acceptors (Lipinski definition) is 5. The first-order valence-corrected chi connectivity index (χ1v) is 9.39. The van der Waals surface area contributed by atoms with Gasteiger partial charge in [-0.3, -0.25) is 0 Å². The number of nitrogens with zero attached hydrogens (tertiary/aromatic N) is 3. The van der Waals surface area contributed by atoms with Gasteiger partial charge in [0.25, 0.3) is 0 Å². The Balaban J connectivity index is 1.67. The lowest BCUT2D eigenvalue weighted by atomic mass is 10.0. The van der Waals surface area contributed by atoms with Gasteiger partial charge >= 0.3 is 0 Å². The number of rotatable bonds is 7. The van der Waals surface area contributed by atoms with Crippen LogP contribution in [0.1, 0.15) is 26.2 Å². The molecule has 1 fully saturated rings. The molecule has 3 heterocycles. The summed E-state index contributed by atoms with van der Waals surface area (Å²) >= 11 is 1.70. The summed E-state index contributed by atoms with van der Waals surface area (Å²) in [7, 11) is 0. The maximum atomic E-state index is 9.29. The summed E-state index contributed by atoms with van der Waals surface area (Å²) < 4.78 is 1.90. The fourth-order valence-electron chi connectivity index (χ4n) is 3.17. The van der Waals surface area contributed by atoms with Crippen LogP contribution in [0, 0.1) is 0 Å². The van der Waals surface area contributed by atoms with Crippen molar-refractivity contribution >= 4 is 17.2 Å². The van der Waals surface area contributed by atoms with Crippen LogP contribution in [0.25, 0.3) is 10.6 Å². The van der Waals surface area contributed by atoms with E-state index in [4.69, 9.17) is 0 Å². The van der Waals surface area contributed by atoms with E-state index in [0.717, 1.165) is 24.6 Å². The maximum absolute atomic E-state index is 9.29. The zero-order chi connectivity index (χ0) is 16.1. The van der Waals surface area contributed by atoms with E-state index in [1.54, 1.807) is 11.3 Å². The molecule has 2 aromatic heterocycles. The second-order valence-electron chi connectivity index (χ2n) is 6.10. The van der Waals surface area contributed by atoms with Gasteiger partial charge in [-0.25, -0.2) is 4.68 Å². The van der Waals surface area contributed by atoms with Crippen LogP contribution >= 0.6 is 11.3 Å². The smallest absolute Gasteiger partial charge is 0.125 e. The van der Waals surface area contributed by atoms with Gasteiger partial charge in [0.2, 0.25) is 0 Å². The molecule has 6 heteroatoms. The van der Waals surface area contributed by atoms with Crippen LogP contribution < -0.4 is 5.32 Å². The van der Waals surface area contributed by atoms with Gasteiger partial charge in [0.15, 0.2) is 0 Å². The van der Waals surface area contributed by atoms with E-state index in [1.807, 2.05) is 10.7 Å². The molecule has 0 aliphatic carbocycles. The largest absolute Gasteiger partial charge is 0.394 e. The van der Waals surface area contributed by atoms with E-state index >= 15 is 0 Å². The van der Waals surface area contributed by atoms with E-state index in [9.17, 15) is 5.11 Å². The second-order valence-corrected chi connectivity index (χ2v) is 7.05. The number of likely N-dealkylation sites (tertiary alicyclic amines) is 1. The standard InChI is InChI=1S/C17H26N4OS/c1-2-7-20-8-5-14(6-9-20)18-17-13-15(16-4-3-12-23-16)19-21(17)10-11-22/h3-4,12-14,18,22H,2,5-11H2,1H3. The van der Waals surface area contributed by atoms with Gasteiger partial charge in [-0.2, -0.15) is 5.10 Å². The molecule has 0 spiro atoms. The van der Waals surface area contributed by atoms with Crippen molar-refractivity contribution in [3.05, 3.63) is 23.6 Å². The Morgan fingerprint density at radius 1 is 1.35 bits per heavy atom. The highest BCUT2D eigenvalue weighted by molar-refractivity contribution is 7.13. The van der Waals surface area contributed by atoms with E-state index in [2.05, 4.69) is 39.8 Å². The molecule has 1 aliphatic rings. The zero-order valence-electron chi connectivity index (χ0n) is 13.7. The van der Waals surface area contributed by atoms with Gasteiger partial charge in [-0.05, 0) is 37.3 Å². The number of thiophene rings is 1. The molecule has 0 aromatic carbocycles. The maximum Gasteiger partial charge on any atom is 0.125 e. The summed E-state index contributed by atoms with van der Waals surface area (Å²) in [6.45, 7) is 6.41. The Hall–Kier alpha value is -1.37. The average Bonchev–Trinajstić information content (AvgIpc) is 3.20. The Labute approximate surface area is 141 Å². The Morgan fingerprint density at radius 3 is 2.83 bits per heavy atom. The summed E-state index contributed by atoms with van der Waals surface area (Å²) in [5, 5.41) is 19.7. The monoisotopic (exact) mass is 334 g/mol. The molecule has 0 unspecified atom stereocenters. The molecule has 1 aliphatic heterocycles. The fourth-order valence-corrected chi connectivity index (χ4v) is 3.85.